The van der Waals surface area contributed by atoms with Crippen LogP contribution in [0.1, 0.15) is 17.3 Å². The van der Waals surface area contributed by atoms with Crippen LogP contribution in [0.25, 0.3) is 0 Å². The maximum Gasteiger partial charge on any atom is 0.191 e. The molecule has 1 aromatic rings. The first kappa shape index (κ1) is 11.0. The normalized spacial score (nSPS) is 10.9. The van der Waals surface area contributed by atoms with Crippen molar-refractivity contribution < 1.29 is 13.6 Å². The molecule has 4 heteroatoms. The van der Waals surface area contributed by atoms with Crippen LogP contribution < -0.4 is 0 Å². The van der Waals surface area contributed by atoms with Crippen molar-refractivity contribution in [2.75, 3.05) is 0 Å². The average molecular weight is 261 g/mol. The molecule has 0 N–H and O–H groups in total. The van der Waals surface area contributed by atoms with Crippen molar-refractivity contribution >= 4 is 21.7 Å². The van der Waals surface area contributed by atoms with Crippen LogP contribution >= 0.6 is 15.9 Å². The van der Waals surface area contributed by atoms with Gasteiger partial charge in [0.25, 0.3) is 0 Å². The Kier molecular flexibility index (Phi) is 3.52. The standard InChI is InChI=1S/C10H7BrF2O/c1-2-3-9(14)10-7(12)4-6(11)5-8(10)13/h2-5H,1H3/b3-2+. The molecule has 0 fully saturated rings. The summed E-state index contributed by atoms with van der Waals surface area (Å²) in [6.45, 7) is 1.60. The molecule has 74 valence electrons. The molecular formula is C10H7BrF2O. The molecule has 0 saturated heterocycles. The molecule has 0 heterocycles. The second-order valence-electron chi connectivity index (χ2n) is 2.61. The van der Waals surface area contributed by atoms with Gasteiger partial charge in [0.05, 0.1) is 5.56 Å². The molecule has 0 amide bonds. The van der Waals surface area contributed by atoms with Crippen LogP contribution in [0.4, 0.5) is 8.78 Å². The molecule has 14 heavy (non-hydrogen) atoms. The number of hydrogen-bond acceptors (Lipinski definition) is 1. The summed E-state index contributed by atoms with van der Waals surface area (Å²) >= 11 is 2.93. The summed E-state index contributed by atoms with van der Waals surface area (Å²) in [5.74, 6) is -2.39. The van der Waals surface area contributed by atoms with Gasteiger partial charge in [-0.1, -0.05) is 22.0 Å². The van der Waals surface area contributed by atoms with E-state index >= 15 is 0 Å². The van der Waals surface area contributed by atoms with Crippen LogP contribution in [0.5, 0.6) is 0 Å². The van der Waals surface area contributed by atoms with Crippen LogP contribution in [-0.4, -0.2) is 5.78 Å². The summed E-state index contributed by atoms with van der Waals surface area (Å²) in [4.78, 5) is 11.2. The minimum Gasteiger partial charge on any atom is -0.289 e. The van der Waals surface area contributed by atoms with Gasteiger partial charge in [-0.3, -0.25) is 4.79 Å². The molecule has 0 aromatic heterocycles. The molecule has 1 nitrogen and oxygen atoms in total. The summed E-state index contributed by atoms with van der Waals surface area (Å²) in [6, 6.07) is 2.11. The van der Waals surface area contributed by atoms with Gasteiger partial charge in [0.15, 0.2) is 5.78 Å². The fourth-order valence-electron chi connectivity index (χ4n) is 1.01. The van der Waals surface area contributed by atoms with Gasteiger partial charge in [0.2, 0.25) is 0 Å². The number of carbonyl (C=O) groups is 1. The highest BCUT2D eigenvalue weighted by atomic mass is 79.9. The molecule has 0 bridgehead atoms. The second-order valence-corrected chi connectivity index (χ2v) is 3.52. The maximum atomic E-state index is 13.2. The molecular weight excluding hydrogens is 254 g/mol. The third-order valence-corrected chi connectivity index (χ3v) is 2.03. The Morgan fingerprint density at radius 2 is 1.86 bits per heavy atom. The van der Waals surface area contributed by atoms with E-state index in [1.807, 2.05) is 0 Å². The molecule has 0 atom stereocenters. The van der Waals surface area contributed by atoms with Crippen LogP contribution in [0.15, 0.2) is 28.8 Å². The Morgan fingerprint density at radius 3 is 2.29 bits per heavy atom. The Hall–Kier alpha value is -1.03. The minimum atomic E-state index is -0.861. The van der Waals surface area contributed by atoms with Gasteiger partial charge in [-0.25, -0.2) is 8.78 Å². The third kappa shape index (κ3) is 2.26. The summed E-state index contributed by atoms with van der Waals surface area (Å²) in [7, 11) is 0. The molecule has 0 aliphatic carbocycles. The topological polar surface area (TPSA) is 17.1 Å². The molecule has 0 saturated carbocycles. The fraction of sp³-hybridized carbons (Fsp3) is 0.100. The van der Waals surface area contributed by atoms with Gasteiger partial charge < -0.3 is 0 Å². The number of hydrogen-bond donors (Lipinski definition) is 0. The number of halogens is 3. The van der Waals surface area contributed by atoms with Gasteiger partial charge in [-0.05, 0) is 25.1 Å². The van der Waals surface area contributed by atoms with Crippen molar-refractivity contribution in [3.8, 4) is 0 Å². The van der Waals surface area contributed by atoms with E-state index in [1.54, 1.807) is 6.92 Å². The van der Waals surface area contributed by atoms with Crippen LogP contribution in [0, 0.1) is 11.6 Å². The predicted molar refractivity (Wildman–Crippen MR) is 53.2 cm³/mol. The van der Waals surface area contributed by atoms with E-state index in [0.717, 1.165) is 18.2 Å². The van der Waals surface area contributed by atoms with E-state index in [-0.39, 0.29) is 4.47 Å². The first-order valence-electron chi connectivity index (χ1n) is 3.88. The lowest BCUT2D eigenvalue weighted by Gasteiger charge is -2.01. The van der Waals surface area contributed by atoms with Crippen molar-refractivity contribution in [2.45, 2.75) is 6.92 Å². The fourth-order valence-corrected chi connectivity index (χ4v) is 1.41. The summed E-state index contributed by atoms with van der Waals surface area (Å²) < 4.78 is 26.6. The summed E-state index contributed by atoms with van der Waals surface area (Å²) in [5, 5.41) is 0. The number of rotatable bonds is 2. The Labute approximate surface area is 88.6 Å². The lowest BCUT2D eigenvalue weighted by atomic mass is 10.1. The van der Waals surface area contributed by atoms with E-state index in [9.17, 15) is 13.6 Å². The summed E-state index contributed by atoms with van der Waals surface area (Å²) in [6.07, 6.45) is 2.55. The third-order valence-electron chi connectivity index (χ3n) is 1.57. The zero-order chi connectivity index (χ0) is 10.7. The van der Waals surface area contributed by atoms with E-state index in [2.05, 4.69) is 15.9 Å². The van der Waals surface area contributed by atoms with E-state index < -0.39 is 23.0 Å². The smallest absolute Gasteiger partial charge is 0.191 e. The highest BCUT2D eigenvalue weighted by Gasteiger charge is 2.15. The average Bonchev–Trinajstić information content (AvgIpc) is 2.01. The molecule has 1 rings (SSSR count). The van der Waals surface area contributed by atoms with Crippen LogP contribution in [-0.2, 0) is 0 Å². The van der Waals surface area contributed by atoms with Crippen LogP contribution in [0.2, 0.25) is 0 Å². The quantitative estimate of drug-likeness (QED) is 0.588. The van der Waals surface area contributed by atoms with E-state index in [0.29, 0.717) is 0 Å². The van der Waals surface area contributed by atoms with Crippen molar-refractivity contribution in [1.82, 2.24) is 0 Å². The Balaban J connectivity index is 3.27. The largest absolute Gasteiger partial charge is 0.289 e. The number of benzene rings is 1. The minimum absolute atomic E-state index is 0.268. The Bertz CT molecular complexity index is 376. The first-order valence-corrected chi connectivity index (χ1v) is 4.67. The zero-order valence-electron chi connectivity index (χ0n) is 7.35. The highest BCUT2D eigenvalue weighted by molar-refractivity contribution is 9.10. The second kappa shape index (κ2) is 4.46. The zero-order valence-corrected chi connectivity index (χ0v) is 8.94. The molecule has 0 aliphatic rings. The summed E-state index contributed by atoms with van der Waals surface area (Å²) in [5.41, 5.74) is -0.522. The predicted octanol–water partition coefficient (Wildman–Crippen LogP) is 3.49. The van der Waals surface area contributed by atoms with Crippen molar-refractivity contribution in [2.24, 2.45) is 0 Å². The van der Waals surface area contributed by atoms with Gasteiger partial charge >= 0.3 is 0 Å². The van der Waals surface area contributed by atoms with Crippen molar-refractivity contribution in [3.05, 3.63) is 46.0 Å². The lowest BCUT2D eigenvalue weighted by molar-refractivity contribution is 0.103. The van der Waals surface area contributed by atoms with Gasteiger partial charge in [0, 0.05) is 4.47 Å². The monoisotopic (exact) mass is 260 g/mol. The van der Waals surface area contributed by atoms with Crippen molar-refractivity contribution in [1.29, 1.82) is 0 Å². The maximum absolute atomic E-state index is 13.2. The first-order chi connectivity index (χ1) is 6.56. The van der Waals surface area contributed by atoms with Gasteiger partial charge in [0.1, 0.15) is 11.6 Å². The number of carbonyl (C=O) groups excluding carboxylic acids is 1. The number of allylic oxidation sites excluding steroid dienone is 2. The Morgan fingerprint density at radius 1 is 1.36 bits per heavy atom. The van der Waals surface area contributed by atoms with E-state index in [1.165, 1.54) is 6.08 Å². The molecule has 0 aliphatic heterocycles. The highest BCUT2D eigenvalue weighted by Crippen LogP contribution is 2.20. The molecule has 0 spiro atoms. The molecule has 0 unspecified atom stereocenters. The molecule has 1 aromatic carbocycles. The van der Waals surface area contributed by atoms with Gasteiger partial charge in [-0.15, -0.1) is 0 Å². The lowest BCUT2D eigenvalue weighted by Crippen LogP contribution is -2.02. The molecule has 0 radical (unpaired) electrons. The number of ketones is 1. The van der Waals surface area contributed by atoms with Crippen LogP contribution in [0.3, 0.4) is 0 Å². The van der Waals surface area contributed by atoms with Crippen molar-refractivity contribution in [3.63, 3.8) is 0 Å². The SMILES string of the molecule is C/C=C/C(=O)c1c(F)cc(Br)cc1F. The van der Waals surface area contributed by atoms with E-state index in [4.69, 9.17) is 0 Å². The van der Waals surface area contributed by atoms with Gasteiger partial charge in [-0.2, -0.15) is 0 Å².